The van der Waals surface area contributed by atoms with E-state index in [4.69, 9.17) is 4.74 Å². The van der Waals surface area contributed by atoms with Crippen molar-refractivity contribution in [3.8, 4) is 0 Å². The minimum Gasteiger partial charge on any atom is -0.466 e. The molecule has 0 aromatic heterocycles. The molecule has 0 spiro atoms. The number of carbonyl (C=O) groups excluding carboxylic acids is 2. The maximum absolute atomic E-state index is 12.7. The Kier molecular flexibility index (Phi) is 3.71. The Morgan fingerprint density at radius 2 is 1.96 bits per heavy atom. The van der Waals surface area contributed by atoms with Crippen molar-refractivity contribution in [1.29, 1.82) is 0 Å². The molecular weight excluding hydrogens is 327 g/mol. The Morgan fingerprint density at radius 3 is 2.50 bits per heavy atom. The highest BCUT2D eigenvalue weighted by Gasteiger charge is 2.64. The topological polar surface area (TPSA) is 61.9 Å². The molecule has 0 radical (unpaired) electrons. The summed E-state index contributed by atoms with van der Waals surface area (Å²) < 4.78 is 43.0. The highest BCUT2D eigenvalue weighted by molar-refractivity contribution is 6.11. The molecule has 1 aromatic rings. The lowest BCUT2D eigenvalue weighted by Crippen LogP contribution is -2.71. The Bertz CT molecular complexity index is 667. The first-order valence-electron chi connectivity index (χ1n) is 7.27. The van der Waals surface area contributed by atoms with Crippen LogP contribution >= 0.6 is 0 Å². The van der Waals surface area contributed by atoms with Gasteiger partial charge >= 0.3 is 12.1 Å². The van der Waals surface area contributed by atoms with Crippen LogP contribution in [0.25, 0.3) is 0 Å². The lowest BCUT2D eigenvalue weighted by atomic mass is 10.0. The number of anilines is 1. The Hall–Kier alpha value is -2.29. The van der Waals surface area contributed by atoms with Gasteiger partial charge in [-0.15, -0.1) is 0 Å². The number of rotatable bonds is 2. The summed E-state index contributed by atoms with van der Waals surface area (Å²) in [4.78, 5) is 28.0. The molecule has 1 N–H and O–H groups in total. The Morgan fingerprint density at radius 1 is 1.33 bits per heavy atom. The van der Waals surface area contributed by atoms with E-state index < -0.39 is 29.3 Å². The largest absolute Gasteiger partial charge is 0.466 e. The minimum atomic E-state index is -4.45. The van der Waals surface area contributed by atoms with Crippen LogP contribution in [0.5, 0.6) is 0 Å². The molecule has 1 aromatic carbocycles. The van der Waals surface area contributed by atoms with Gasteiger partial charge in [0, 0.05) is 24.8 Å². The average Bonchev–Trinajstić information content (AvgIpc) is 2.74. The average molecular weight is 343 g/mol. The van der Waals surface area contributed by atoms with Gasteiger partial charge in [-0.25, -0.2) is 4.79 Å². The quantitative estimate of drug-likeness (QED) is 0.637. The summed E-state index contributed by atoms with van der Waals surface area (Å²) in [5, 5.41) is 2.66. The second-order valence-electron chi connectivity index (χ2n) is 5.79. The van der Waals surface area contributed by atoms with Gasteiger partial charge in [0.05, 0.1) is 12.7 Å². The number of amides is 1. The predicted octanol–water partition coefficient (Wildman–Crippen LogP) is 0.825. The van der Waals surface area contributed by atoms with E-state index in [1.165, 1.54) is 24.1 Å². The fraction of sp³-hybridized carbons (Fsp3) is 0.467. The molecule has 1 amide bonds. The number of piperazine rings is 1. The fourth-order valence-corrected chi connectivity index (χ4v) is 3.35. The number of esters is 1. The van der Waals surface area contributed by atoms with Gasteiger partial charge < -0.3 is 15.0 Å². The number of nitrogens with one attached hydrogen (secondary N) is 1. The first-order chi connectivity index (χ1) is 11.2. The lowest BCUT2D eigenvalue weighted by Gasteiger charge is -2.41. The number of methoxy groups -OCH3 is 1. The van der Waals surface area contributed by atoms with Crippen molar-refractivity contribution >= 4 is 17.6 Å². The van der Waals surface area contributed by atoms with Gasteiger partial charge in [-0.3, -0.25) is 9.69 Å². The van der Waals surface area contributed by atoms with Crippen LogP contribution in [0.15, 0.2) is 24.3 Å². The van der Waals surface area contributed by atoms with E-state index in [1.807, 2.05) is 0 Å². The second-order valence-corrected chi connectivity index (χ2v) is 5.79. The summed E-state index contributed by atoms with van der Waals surface area (Å²) in [6.07, 6.45) is -4.45. The van der Waals surface area contributed by atoms with Crippen LogP contribution in [0.3, 0.4) is 0 Å². The van der Waals surface area contributed by atoms with E-state index in [0.717, 1.165) is 12.1 Å². The third kappa shape index (κ3) is 2.15. The third-order valence-electron chi connectivity index (χ3n) is 4.63. The van der Waals surface area contributed by atoms with Crippen molar-refractivity contribution in [2.45, 2.75) is 17.9 Å². The molecule has 2 heterocycles. The summed E-state index contributed by atoms with van der Waals surface area (Å²) >= 11 is 0. The standard InChI is InChI=1S/C15H16F3N3O3/c1-20-11-7-19-12(22)14(20,13(23)24-2)21(8-11)10-5-3-9(4-6-10)15(16,17)18/h3-6,11H,7-8H2,1-2H3,(H,19,22)/t11?,14-/m0/s1. The zero-order chi connectivity index (χ0) is 17.7. The number of fused-ring (bicyclic) bond motifs is 2. The van der Waals surface area contributed by atoms with Crippen LogP contribution in [0.2, 0.25) is 0 Å². The van der Waals surface area contributed by atoms with E-state index in [2.05, 4.69) is 5.32 Å². The first-order valence-corrected chi connectivity index (χ1v) is 7.27. The van der Waals surface area contributed by atoms with Gasteiger partial charge in [-0.05, 0) is 31.3 Å². The molecule has 1 unspecified atom stereocenters. The lowest BCUT2D eigenvalue weighted by molar-refractivity contribution is -0.161. The van der Waals surface area contributed by atoms with Crippen LogP contribution in [0.1, 0.15) is 5.56 Å². The summed E-state index contributed by atoms with van der Waals surface area (Å²) in [6.45, 7) is 0.668. The van der Waals surface area contributed by atoms with E-state index in [-0.39, 0.29) is 6.04 Å². The van der Waals surface area contributed by atoms with Gasteiger partial charge in [0.1, 0.15) is 0 Å². The van der Waals surface area contributed by atoms with E-state index in [0.29, 0.717) is 18.8 Å². The molecule has 130 valence electrons. The summed E-state index contributed by atoms with van der Waals surface area (Å²) in [5.74, 6) is -1.32. The Balaban J connectivity index is 2.06. The molecule has 9 heteroatoms. The fourth-order valence-electron chi connectivity index (χ4n) is 3.35. The van der Waals surface area contributed by atoms with Gasteiger partial charge in [0.15, 0.2) is 0 Å². The highest BCUT2D eigenvalue weighted by Crippen LogP contribution is 2.39. The van der Waals surface area contributed by atoms with Crippen LogP contribution in [0, 0.1) is 0 Å². The number of halogens is 3. The van der Waals surface area contributed by atoms with Crippen molar-refractivity contribution in [2.24, 2.45) is 0 Å². The maximum Gasteiger partial charge on any atom is 0.416 e. The number of carbonyl (C=O) groups is 2. The van der Waals surface area contributed by atoms with Crippen LogP contribution in [-0.4, -0.2) is 55.7 Å². The van der Waals surface area contributed by atoms with E-state index >= 15 is 0 Å². The summed E-state index contributed by atoms with van der Waals surface area (Å²) in [6, 6.07) is 4.23. The number of alkyl halides is 3. The highest BCUT2D eigenvalue weighted by atomic mass is 19.4. The monoisotopic (exact) mass is 343 g/mol. The minimum absolute atomic E-state index is 0.149. The molecule has 6 nitrogen and oxygen atoms in total. The molecule has 24 heavy (non-hydrogen) atoms. The van der Waals surface area contributed by atoms with Crippen molar-refractivity contribution in [3.63, 3.8) is 0 Å². The van der Waals surface area contributed by atoms with Gasteiger partial charge in [0.25, 0.3) is 11.6 Å². The summed E-state index contributed by atoms with van der Waals surface area (Å²) in [7, 11) is 2.80. The number of benzene rings is 1. The zero-order valence-corrected chi connectivity index (χ0v) is 13.1. The molecule has 2 bridgehead atoms. The van der Waals surface area contributed by atoms with Crippen LogP contribution in [0.4, 0.5) is 18.9 Å². The second kappa shape index (κ2) is 5.37. The molecule has 2 saturated heterocycles. The molecule has 2 aliphatic rings. The Labute approximate surface area is 136 Å². The number of hydrogen-bond donors (Lipinski definition) is 1. The van der Waals surface area contributed by atoms with E-state index in [1.54, 1.807) is 11.9 Å². The van der Waals surface area contributed by atoms with Crippen molar-refractivity contribution < 1.29 is 27.5 Å². The molecule has 2 aliphatic heterocycles. The zero-order valence-electron chi connectivity index (χ0n) is 13.1. The van der Waals surface area contributed by atoms with Crippen molar-refractivity contribution in [2.75, 3.05) is 32.1 Å². The van der Waals surface area contributed by atoms with E-state index in [9.17, 15) is 22.8 Å². The SMILES string of the molecule is COC(=O)[C@]12C(=O)NCC(CN1c1ccc(C(F)(F)F)cc1)N2C. The number of likely N-dealkylation sites (N-methyl/N-ethyl adjacent to an activating group) is 1. The van der Waals surface area contributed by atoms with Gasteiger partial charge in [0.2, 0.25) is 0 Å². The first kappa shape index (κ1) is 16.6. The molecule has 0 saturated carbocycles. The maximum atomic E-state index is 12.7. The van der Waals surface area contributed by atoms with Crippen molar-refractivity contribution in [3.05, 3.63) is 29.8 Å². The third-order valence-corrected chi connectivity index (χ3v) is 4.63. The van der Waals surface area contributed by atoms with Crippen molar-refractivity contribution in [1.82, 2.24) is 10.2 Å². The smallest absolute Gasteiger partial charge is 0.416 e. The molecular formula is C15H16F3N3O3. The molecule has 3 rings (SSSR count). The number of ether oxygens (including phenoxy) is 1. The number of hydrogen-bond acceptors (Lipinski definition) is 5. The predicted molar refractivity (Wildman–Crippen MR) is 78.1 cm³/mol. The van der Waals surface area contributed by atoms with Crippen LogP contribution in [-0.2, 0) is 20.5 Å². The van der Waals surface area contributed by atoms with Gasteiger partial charge in [-0.2, -0.15) is 13.2 Å². The van der Waals surface area contributed by atoms with Gasteiger partial charge in [-0.1, -0.05) is 0 Å². The van der Waals surface area contributed by atoms with Crippen LogP contribution < -0.4 is 10.2 Å². The molecule has 2 fully saturated rings. The normalized spacial score (nSPS) is 27.1. The molecule has 2 atom stereocenters. The molecule has 0 aliphatic carbocycles. The number of nitrogens with zero attached hydrogens (tertiary/aromatic N) is 2. The summed E-state index contributed by atoms with van der Waals surface area (Å²) in [5.41, 5.74) is -2.16.